The van der Waals surface area contributed by atoms with Crippen LogP contribution in [0.2, 0.25) is 0 Å². The normalized spacial score (nSPS) is 20.9. The number of rotatable bonds is 10. The third kappa shape index (κ3) is 7.50. The number of esters is 1. The van der Waals surface area contributed by atoms with Crippen LogP contribution in [0.4, 0.5) is 8.78 Å². The van der Waals surface area contributed by atoms with Crippen LogP contribution in [0, 0.1) is 11.6 Å². The van der Waals surface area contributed by atoms with E-state index in [2.05, 4.69) is 15.0 Å². The number of phosphoric ester groups is 1. The number of nitrogens with one attached hydrogen (secondary N) is 1. The lowest BCUT2D eigenvalue weighted by Crippen LogP contribution is -2.52. The molecule has 270 valence electrons. The van der Waals surface area contributed by atoms with E-state index >= 15 is 0 Å². The molecule has 3 aliphatic heterocycles. The summed E-state index contributed by atoms with van der Waals surface area (Å²) in [4.78, 5) is 79.7. The SMILES string of the molecule is CC1=NO[C@@]2(CC[C@H](C)N3C[C@H]2n2cc(C(=O)NCc4ccc(F)cc4F)c(=O)c(OCOC(=O)Cc4ccc(OP(=O)(O)O)cc4)c2C3=O)C1. The molecule has 3 aliphatic rings. The second-order valence-corrected chi connectivity index (χ2v) is 13.7. The van der Waals surface area contributed by atoms with Gasteiger partial charge >= 0.3 is 13.8 Å². The van der Waals surface area contributed by atoms with Gasteiger partial charge in [-0.1, -0.05) is 23.4 Å². The molecule has 15 nitrogen and oxygen atoms in total. The number of oxime groups is 1. The second-order valence-electron chi connectivity index (χ2n) is 12.6. The summed E-state index contributed by atoms with van der Waals surface area (Å²) < 4.78 is 55.7. The molecule has 18 heteroatoms. The van der Waals surface area contributed by atoms with Crippen molar-refractivity contribution in [3.63, 3.8) is 0 Å². The Morgan fingerprint density at radius 2 is 1.90 bits per heavy atom. The molecule has 51 heavy (non-hydrogen) atoms. The number of phosphoric acid groups is 1. The lowest BCUT2D eigenvalue weighted by atomic mass is 9.84. The number of amides is 2. The van der Waals surface area contributed by atoms with E-state index in [0.717, 1.165) is 17.8 Å². The minimum absolute atomic E-state index is 0.0373. The van der Waals surface area contributed by atoms with Crippen molar-refractivity contribution in [1.82, 2.24) is 14.8 Å². The number of nitrogens with zero attached hydrogens (tertiary/aromatic N) is 3. The molecule has 0 aliphatic carbocycles. The molecule has 0 unspecified atom stereocenters. The Labute approximate surface area is 289 Å². The Morgan fingerprint density at radius 1 is 1.16 bits per heavy atom. The molecule has 0 radical (unpaired) electrons. The first kappa shape index (κ1) is 35.7. The van der Waals surface area contributed by atoms with Crippen molar-refractivity contribution in [3.8, 4) is 11.5 Å². The standard InChI is InChI=1S/C33H33F2N4O11P/c1-18-13-33(50-37-18)10-9-19(2)38-16-26(33)39-15-24(31(42)36-14-21-5-6-22(34)12-25(21)35)29(41)30(28(39)32(38)43)48-17-47-27(40)11-20-3-7-23(8-4-20)49-51(44,45)46/h3-8,12,15,19,26H,9-11,13-14,16-17H2,1-2H3,(H,36,42)(H2,44,45,46)/t19-,26+,33-/m0/s1. The lowest BCUT2D eigenvalue weighted by molar-refractivity contribution is -0.149. The molecule has 1 fully saturated rings. The molecule has 1 saturated heterocycles. The number of pyridine rings is 1. The molecule has 0 saturated carbocycles. The first-order chi connectivity index (χ1) is 24.1. The van der Waals surface area contributed by atoms with Gasteiger partial charge in [-0.05, 0) is 50.5 Å². The number of hydrogen-bond donors (Lipinski definition) is 3. The van der Waals surface area contributed by atoms with Crippen LogP contribution < -0.4 is 20.0 Å². The molecule has 3 atom stereocenters. The molecule has 1 spiro atoms. The maximum Gasteiger partial charge on any atom is 0.524 e. The Bertz CT molecular complexity index is 2030. The van der Waals surface area contributed by atoms with Crippen molar-refractivity contribution in [2.45, 2.75) is 63.8 Å². The van der Waals surface area contributed by atoms with Gasteiger partial charge in [0.1, 0.15) is 22.9 Å². The largest absolute Gasteiger partial charge is 0.524 e. The zero-order valence-corrected chi connectivity index (χ0v) is 28.2. The number of benzene rings is 2. The van der Waals surface area contributed by atoms with E-state index < -0.39 is 72.4 Å². The molecular formula is C33H33F2N4O11P. The predicted octanol–water partition coefficient (Wildman–Crippen LogP) is 3.36. The fourth-order valence-electron chi connectivity index (χ4n) is 6.52. The average Bonchev–Trinajstić information content (AvgIpc) is 3.39. The quantitative estimate of drug-likeness (QED) is 0.157. The number of ether oxygens (including phenoxy) is 2. The van der Waals surface area contributed by atoms with Crippen molar-refractivity contribution >= 4 is 31.3 Å². The van der Waals surface area contributed by atoms with E-state index in [1.54, 1.807) is 4.90 Å². The number of carbonyl (C=O) groups is 3. The molecule has 1 aromatic heterocycles. The summed E-state index contributed by atoms with van der Waals surface area (Å²) in [6.45, 7) is 2.63. The summed E-state index contributed by atoms with van der Waals surface area (Å²) in [5, 5.41) is 6.65. The summed E-state index contributed by atoms with van der Waals surface area (Å²) in [6, 6.07) is 7.23. The summed E-state index contributed by atoms with van der Waals surface area (Å²) >= 11 is 0. The van der Waals surface area contributed by atoms with E-state index in [0.29, 0.717) is 30.9 Å². The fourth-order valence-corrected chi connectivity index (χ4v) is 6.92. The van der Waals surface area contributed by atoms with Crippen molar-refractivity contribution in [1.29, 1.82) is 0 Å². The van der Waals surface area contributed by atoms with Gasteiger partial charge in [-0.2, -0.15) is 0 Å². The van der Waals surface area contributed by atoms with E-state index in [9.17, 15) is 32.5 Å². The third-order valence-corrected chi connectivity index (χ3v) is 9.49. The fraction of sp³-hybridized carbons (Fsp3) is 0.364. The Balaban J connectivity index is 1.30. The van der Waals surface area contributed by atoms with Crippen LogP contribution in [0.25, 0.3) is 0 Å². The smallest absolute Gasteiger partial charge is 0.451 e. The summed E-state index contributed by atoms with van der Waals surface area (Å²) in [7, 11) is -4.77. The minimum Gasteiger partial charge on any atom is -0.451 e. The monoisotopic (exact) mass is 730 g/mol. The molecular weight excluding hydrogens is 697 g/mol. The number of halogens is 2. The van der Waals surface area contributed by atoms with Gasteiger partial charge in [0, 0.05) is 43.4 Å². The molecule has 4 heterocycles. The average molecular weight is 731 g/mol. The van der Waals surface area contributed by atoms with Gasteiger partial charge in [-0.25, -0.2) is 13.3 Å². The van der Waals surface area contributed by atoms with Crippen LogP contribution in [0.1, 0.15) is 71.1 Å². The van der Waals surface area contributed by atoms with Gasteiger partial charge in [0.15, 0.2) is 11.3 Å². The third-order valence-electron chi connectivity index (χ3n) is 9.04. The minimum atomic E-state index is -4.77. The van der Waals surface area contributed by atoms with Gasteiger partial charge < -0.3 is 33.6 Å². The number of carbonyl (C=O) groups excluding carboxylic acids is 3. The maximum atomic E-state index is 14.3. The van der Waals surface area contributed by atoms with E-state index in [1.165, 1.54) is 35.0 Å². The lowest BCUT2D eigenvalue weighted by Gasteiger charge is -2.42. The maximum absolute atomic E-state index is 14.3. The highest BCUT2D eigenvalue weighted by atomic mass is 31.2. The zero-order valence-electron chi connectivity index (χ0n) is 27.3. The second kappa shape index (κ2) is 13.9. The summed E-state index contributed by atoms with van der Waals surface area (Å²) in [5.41, 5.74) is -1.47. The molecule has 2 bridgehead atoms. The van der Waals surface area contributed by atoms with Crippen molar-refractivity contribution in [2.75, 3.05) is 13.3 Å². The van der Waals surface area contributed by atoms with Gasteiger partial charge in [0.25, 0.3) is 11.8 Å². The first-order valence-electron chi connectivity index (χ1n) is 15.8. The topological polar surface area (TPSA) is 195 Å². The molecule has 2 amide bonds. The van der Waals surface area contributed by atoms with Crippen LogP contribution in [-0.2, 0) is 31.9 Å². The van der Waals surface area contributed by atoms with Crippen LogP contribution in [0.15, 0.2) is 58.6 Å². The van der Waals surface area contributed by atoms with Gasteiger partial charge in [-0.3, -0.25) is 29.0 Å². The van der Waals surface area contributed by atoms with Crippen LogP contribution >= 0.6 is 7.82 Å². The predicted molar refractivity (Wildman–Crippen MR) is 173 cm³/mol. The van der Waals surface area contributed by atoms with Gasteiger partial charge in [0.2, 0.25) is 18.0 Å². The first-order valence-corrected chi connectivity index (χ1v) is 17.3. The number of aromatic nitrogens is 1. The van der Waals surface area contributed by atoms with Crippen molar-refractivity contribution in [3.05, 3.63) is 92.9 Å². The molecule has 6 rings (SSSR count). The Kier molecular flexibility index (Phi) is 9.72. The molecule has 3 N–H and O–H groups in total. The highest BCUT2D eigenvalue weighted by Crippen LogP contribution is 2.46. The van der Waals surface area contributed by atoms with Gasteiger partial charge in [0.05, 0.1) is 18.2 Å². The number of fused-ring (bicyclic) bond motifs is 5. The zero-order chi connectivity index (χ0) is 36.7. The Hall–Kier alpha value is -5.12. The molecule has 3 aromatic rings. The Morgan fingerprint density at radius 3 is 2.57 bits per heavy atom. The van der Waals surface area contributed by atoms with Crippen LogP contribution in [0.5, 0.6) is 11.5 Å². The van der Waals surface area contributed by atoms with Gasteiger partial charge in [-0.15, -0.1) is 0 Å². The van der Waals surface area contributed by atoms with E-state index in [4.69, 9.17) is 24.1 Å². The summed E-state index contributed by atoms with van der Waals surface area (Å²) in [6.07, 6.45) is 2.41. The van der Waals surface area contributed by atoms with Crippen molar-refractivity contribution in [2.24, 2.45) is 5.16 Å². The summed E-state index contributed by atoms with van der Waals surface area (Å²) in [5.74, 6) is -4.68. The number of hydrogen-bond acceptors (Lipinski definition) is 10. The highest BCUT2D eigenvalue weighted by Gasteiger charge is 2.54. The highest BCUT2D eigenvalue weighted by molar-refractivity contribution is 7.46. The molecule has 2 aromatic carbocycles. The van der Waals surface area contributed by atoms with Crippen LogP contribution in [-0.4, -0.2) is 67.7 Å². The van der Waals surface area contributed by atoms with Crippen molar-refractivity contribution < 1.29 is 56.4 Å². The van der Waals surface area contributed by atoms with Crippen LogP contribution in [0.3, 0.4) is 0 Å². The van der Waals surface area contributed by atoms with E-state index in [1.807, 2.05) is 13.8 Å². The van der Waals surface area contributed by atoms with E-state index in [-0.39, 0.29) is 42.6 Å².